The molecule has 2 rings (SSSR count). The van der Waals surface area contributed by atoms with E-state index in [1.807, 2.05) is 18.2 Å². The number of nitrogens with zero attached hydrogens (tertiary/aromatic N) is 2. The first-order valence-corrected chi connectivity index (χ1v) is 6.20. The Bertz CT molecular complexity index is 542. The number of hydrogen-bond donors (Lipinski definition) is 2. The van der Waals surface area contributed by atoms with Gasteiger partial charge in [0.2, 0.25) is 0 Å². The molecule has 1 aromatic heterocycles. The van der Waals surface area contributed by atoms with Crippen molar-refractivity contribution in [1.82, 2.24) is 9.97 Å². The van der Waals surface area contributed by atoms with Crippen LogP contribution in [0, 0.1) is 0 Å². The van der Waals surface area contributed by atoms with E-state index >= 15 is 0 Å². The van der Waals surface area contributed by atoms with E-state index in [4.69, 9.17) is 0 Å². The molecule has 1 heterocycles. The number of amides is 1. The molecule has 0 atom stereocenters. The van der Waals surface area contributed by atoms with E-state index in [1.54, 1.807) is 18.5 Å². The molecule has 0 unspecified atom stereocenters. The second-order valence-corrected chi connectivity index (χ2v) is 4.05. The molecular formula is C14H16N4O. The van der Waals surface area contributed by atoms with Gasteiger partial charge in [0.25, 0.3) is 5.91 Å². The van der Waals surface area contributed by atoms with Gasteiger partial charge in [0.05, 0.1) is 23.6 Å². The average Bonchev–Trinajstić information content (AvgIpc) is 2.46. The van der Waals surface area contributed by atoms with Crippen molar-refractivity contribution in [2.75, 3.05) is 17.2 Å². The monoisotopic (exact) mass is 256 g/mol. The summed E-state index contributed by atoms with van der Waals surface area (Å²) in [5, 5.41) is 6.01. The third kappa shape index (κ3) is 3.51. The Kier molecular flexibility index (Phi) is 4.44. The number of carbonyl (C=O) groups excluding carboxylic acids is 1. The highest BCUT2D eigenvalue weighted by Gasteiger charge is 2.10. The number of rotatable bonds is 5. The highest BCUT2D eigenvalue weighted by Crippen LogP contribution is 2.16. The summed E-state index contributed by atoms with van der Waals surface area (Å²) in [5.41, 5.74) is 2.02. The zero-order chi connectivity index (χ0) is 13.5. The standard InChI is InChI=1S/C14H16N4O/c1-2-7-17-13-6-4-3-5-12(13)14(19)18-11-8-15-10-16-9-11/h3-6,8-10,17H,2,7H2,1H3,(H,18,19). The molecule has 1 aromatic carbocycles. The van der Waals surface area contributed by atoms with Crippen molar-refractivity contribution in [1.29, 1.82) is 0 Å². The summed E-state index contributed by atoms with van der Waals surface area (Å²) < 4.78 is 0. The van der Waals surface area contributed by atoms with Crippen molar-refractivity contribution in [3.63, 3.8) is 0 Å². The van der Waals surface area contributed by atoms with Crippen LogP contribution in [0.15, 0.2) is 43.0 Å². The van der Waals surface area contributed by atoms with Gasteiger partial charge in [-0.25, -0.2) is 9.97 Å². The van der Waals surface area contributed by atoms with Crippen molar-refractivity contribution >= 4 is 17.3 Å². The van der Waals surface area contributed by atoms with Gasteiger partial charge in [-0.2, -0.15) is 0 Å². The highest BCUT2D eigenvalue weighted by molar-refractivity contribution is 6.07. The normalized spacial score (nSPS) is 9.95. The molecule has 19 heavy (non-hydrogen) atoms. The van der Waals surface area contributed by atoms with E-state index < -0.39 is 0 Å². The lowest BCUT2D eigenvalue weighted by atomic mass is 10.1. The van der Waals surface area contributed by atoms with Gasteiger partial charge in [-0.15, -0.1) is 0 Å². The van der Waals surface area contributed by atoms with Gasteiger partial charge in [0.1, 0.15) is 6.33 Å². The van der Waals surface area contributed by atoms with Crippen LogP contribution in [0.3, 0.4) is 0 Å². The minimum atomic E-state index is -0.172. The Morgan fingerprint density at radius 2 is 1.95 bits per heavy atom. The zero-order valence-electron chi connectivity index (χ0n) is 10.8. The molecule has 2 N–H and O–H groups in total. The number of benzene rings is 1. The molecule has 0 radical (unpaired) electrons. The molecule has 0 aliphatic rings. The minimum Gasteiger partial charge on any atom is -0.384 e. The first-order chi connectivity index (χ1) is 9.31. The van der Waals surface area contributed by atoms with E-state index in [-0.39, 0.29) is 5.91 Å². The maximum absolute atomic E-state index is 12.2. The molecular weight excluding hydrogens is 240 g/mol. The van der Waals surface area contributed by atoms with E-state index in [0.29, 0.717) is 11.3 Å². The first-order valence-electron chi connectivity index (χ1n) is 6.20. The molecule has 2 aromatic rings. The number of anilines is 2. The predicted octanol–water partition coefficient (Wildman–Crippen LogP) is 2.55. The van der Waals surface area contributed by atoms with Crippen LogP contribution < -0.4 is 10.6 Å². The number of nitrogens with one attached hydrogen (secondary N) is 2. The molecule has 0 fully saturated rings. The lowest BCUT2D eigenvalue weighted by Crippen LogP contribution is -2.15. The maximum atomic E-state index is 12.2. The summed E-state index contributed by atoms with van der Waals surface area (Å²) in [6, 6.07) is 7.43. The second kappa shape index (κ2) is 6.49. The Morgan fingerprint density at radius 3 is 2.68 bits per heavy atom. The van der Waals surface area contributed by atoms with Crippen LogP contribution in [0.1, 0.15) is 23.7 Å². The average molecular weight is 256 g/mol. The van der Waals surface area contributed by atoms with Crippen LogP contribution in [0.4, 0.5) is 11.4 Å². The van der Waals surface area contributed by atoms with Gasteiger partial charge in [-0.1, -0.05) is 19.1 Å². The molecule has 0 bridgehead atoms. The first kappa shape index (κ1) is 13.0. The van der Waals surface area contributed by atoms with Crippen LogP contribution in [0.2, 0.25) is 0 Å². The van der Waals surface area contributed by atoms with Crippen molar-refractivity contribution in [3.8, 4) is 0 Å². The number of carbonyl (C=O) groups is 1. The van der Waals surface area contributed by atoms with E-state index in [0.717, 1.165) is 18.7 Å². The molecule has 5 heteroatoms. The molecule has 0 aliphatic heterocycles. The summed E-state index contributed by atoms with van der Waals surface area (Å²) in [4.78, 5) is 19.9. The summed E-state index contributed by atoms with van der Waals surface area (Å²) in [5.74, 6) is -0.172. The minimum absolute atomic E-state index is 0.172. The topological polar surface area (TPSA) is 66.9 Å². The third-order valence-electron chi connectivity index (χ3n) is 2.56. The van der Waals surface area contributed by atoms with Crippen LogP contribution in [0.5, 0.6) is 0 Å². The molecule has 5 nitrogen and oxygen atoms in total. The lowest BCUT2D eigenvalue weighted by molar-refractivity contribution is 0.102. The molecule has 0 saturated carbocycles. The van der Waals surface area contributed by atoms with Crippen LogP contribution in [-0.2, 0) is 0 Å². The van der Waals surface area contributed by atoms with Gasteiger partial charge in [0.15, 0.2) is 0 Å². The molecule has 1 amide bonds. The third-order valence-corrected chi connectivity index (χ3v) is 2.56. The van der Waals surface area contributed by atoms with E-state index in [9.17, 15) is 4.79 Å². The van der Waals surface area contributed by atoms with E-state index in [2.05, 4.69) is 27.5 Å². The smallest absolute Gasteiger partial charge is 0.257 e. The quantitative estimate of drug-likeness (QED) is 0.862. The largest absolute Gasteiger partial charge is 0.384 e. The second-order valence-electron chi connectivity index (χ2n) is 4.05. The molecule has 0 spiro atoms. The van der Waals surface area contributed by atoms with Gasteiger partial charge < -0.3 is 10.6 Å². The van der Waals surface area contributed by atoms with Crippen molar-refractivity contribution < 1.29 is 4.79 Å². The summed E-state index contributed by atoms with van der Waals surface area (Å²) in [6.07, 6.45) is 5.55. The van der Waals surface area contributed by atoms with Crippen LogP contribution in [-0.4, -0.2) is 22.4 Å². The lowest BCUT2D eigenvalue weighted by Gasteiger charge is -2.11. The fraction of sp³-hybridized carbons (Fsp3) is 0.214. The summed E-state index contributed by atoms with van der Waals surface area (Å²) in [6.45, 7) is 2.91. The Balaban J connectivity index is 2.14. The highest BCUT2D eigenvalue weighted by atomic mass is 16.1. The summed E-state index contributed by atoms with van der Waals surface area (Å²) in [7, 11) is 0. The van der Waals surface area contributed by atoms with Gasteiger partial charge in [-0.05, 0) is 18.6 Å². The zero-order valence-corrected chi connectivity index (χ0v) is 10.8. The fourth-order valence-electron chi connectivity index (χ4n) is 1.66. The van der Waals surface area contributed by atoms with Crippen LogP contribution >= 0.6 is 0 Å². The number of hydrogen-bond acceptors (Lipinski definition) is 4. The Morgan fingerprint density at radius 1 is 1.21 bits per heavy atom. The Labute approximate surface area is 112 Å². The van der Waals surface area contributed by atoms with E-state index in [1.165, 1.54) is 6.33 Å². The van der Waals surface area contributed by atoms with Gasteiger partial charge in [0, 0.05) is 12.2 Å². The molecule has 0 aliphatic carbocycles. The summed E-state index contributed by atoms with van der Waals surface area (Å²) >= 11 is 0. The van der Waals surface area contributed by atoms with Crippen molar-refractivity contribution in [2.24, 2.45) is 0 Å². The van der Waals surface area contributed by atoms with Crippen LogP contribution in [0.25, 0.3) is 0 Å². The SMILES string of the molecule is CCCNc1ccccc1C(=O)Nc1cncnc1. The molecule has 98 valence electrons. The Hall–Kier alpha value is -2.43. The predicted molar refractivity (Wildman–Crippen MR) is 75.2 cm³/mol. The number of aromatic nitrogens is 2. The van der Waals surface area contributed by atoms with Gasteiger partial charge in [-0.3, -0.25) is 4.79 Å². The molecule has 0 saturated heterocycles. The fourth-order valence-corrected chi connectivity index (χ4v) is 1.66. The number of para-hydroxylation sites is 1. The maximum Gasteiger partial charge on any atom is 0.257 e. The van der Waals surface area contributed by atoms with Crippen molar-refractivity contribution in [2.45, 2.75) is 13.3 Å². The van der Waals surface area contributed by atoms with Crippen molar-refractivity contribution in [3.05, 3.63) is 48.5 Å². The van der Waals surface area contributed by atoms with Gasteiger partial charge >= 0.3 is 0 Å².